The van der Waals surface area contributed by atoms with Gasteiger partial charge in [-0.2, -0.15) is 0 Å². The molecule has 110 valence electrons. The molecule has 1 fully saturated rings. The Morgan fingerprint density at radius 3 is 2.33 bits per heavy atom. The molecule has 0 radical (unpaired) electrons. The molecule has 0 saturated heterocycles. The third-order valence-electron chi connectivity index (χ3n) is 4.08. The number of rotatable bonds is 4. The maximum absolute atomic E-state index is 12.6. The molecule has 1 heterocycles. The van der Waals surface area contributed by atoms with E-state index < -0.39 is 6.43 Å². The highest BCUT2D eigenvalue weighted by atomic mass is 35.5. The van der Waals surface area contributed by atoms with Crippen molar-refractivity contribution >= 4 is 11.6 Å². The lowest BCUT2D eigenvalue weighted by Crippen LogP contribution is -2.21. The fourth-order valence-corrected chi connectivity index (χ4v) is 2.86. The SMILES string of the molecule is NCC1(c2ncc(-c3ccc(C(F)F)cc3)cc2Cl)CC1. The van der Waals surface area contributed by atoms with E-state index in [1.54, 1.807) is 18.3 Å². The van der Waals surface area contributed by atoms with Crippen molar-refractivity contribution in [1.29, 1.82) is 0 Å². The first-order valence-electron chi connectivity index (χ1n) is 6.80. The Bertz CT molecular complexity index is 652. The molecule has 0 aliphatic heterocycles. The summed E-state index contributed by atoms with van der Waals surface area (Å²) in [6, 6.07) is 7.99. The zero-order chi connectivity index (χ0) is 15.0. The molecule has 1 aliphatic carbocycles. The number of pyridine rings is 1. The predicted octanol–water partition coefficient (Wildman–Crippen LogP) is 4.33. The van der Waals surface area contributed by atoms with Crippen LogP contribution in [0.3, 0.4) is 0 Å². The van der Waals surface area contributed by atoms with Crippen molar-refractivity contribution in [2.45, 2.75) is 24.7 Å². The largest absolute Gasteiger partial charge is 0.330 e. The highest BCUT2D eigenvalue weighted by Gasteiger charge is 2.45. The molecule has 2 nitrogen and oxygen atoms in total. The maximum Gasteiger partial charge on any atom is 0.263 e. The molecule has 1 aromatic carbocycles. The van der Waals surface area contributed by atoms with Crippen molar-refractivity contribution in [3.63, 3.8) is 0 Å². The summed E-state index contributed by atoms with van der Waals surface area (Å²) < 4.78 is 25.1. The standard InChI is InChI=1S/C16H15ClF2N2/c17-13-7-12(8-21-14(13)16(9-20)5-6-16)10-1-3-11(4-2-10)15(18)19/h1-4,7-8,15H,5-6,9,20H2. The quantitative estimate of drug-likeness (QED) is 0.913. The van der Waals surface area contributed by atoms with Crippen LogP contribution >= 0.6 is 11.6 Å². The summed E-state index contributed by atoms with van der Waals surface area (Å²) in [4.78, 5) is 4.46. The van der Waals surface area contributed by atoms with Gasteiger partial charge in [-0.15, -0.1) is 0 Å². The second-order valence-corrected chi connectivity index (χ2v) is 5.87. The first-order chi connectivity index (χ1) is 10.1. The lowest BCUT2D eigenvalue weighted by molar-refractivity contribution is 0.151. The number of benzene rings is 1. The van der Waals surface area contributed by atoms with Gasteiger partial charge in [0.05, 0.1) is 10.7 Å². The van der Waals surface area contributed by atoms with Crippen LogP contribution in [0.4, 0.5) is 8.78 Å². The Kier molecular flexibility index (Phi) is 3.68. The molecule has 0 atom stereocenters. The second kappa shape index (κ2) is 5.35. The topological polar surface area (TPSA) is 38.9 Å². The van der Waals surface area contributed by atoms with E-state index in [-0.39, 0.29) is 11.0 Å². The van der Waals surface area contributed by atoms with Gasteiger partial charge in [0.25, 0.3) is 6.43 Å². The number of hydrogen-bond donors (Lipinski definition) is 1. The van der Waals surface area contributed by atoms with E-state index >= 15 is 0 Å². The zero-order valence-electron chi connectivity index (χ0n) is 11.3. The Morgan fingerprint density at radius 2 is 1.86 bits per heavy atom. The number of hydrogen-bond acceptors (Lipinski definition) is 2. The Hall–Kier alpha value is -1.52. The maximum atomic E-state index is 12.6. The average Bonchev–Trinajstić information content (AvgIpc) is 3.28. The van der Waals surface area contributed by atoms with Crippen LogP contribution in [0.1, 0.15) is 30.5 Å². The molecular weight excluding hydrogens is 294 g/mol. The van der Waals surface area contributed by atoms with Crippen LogP contribution in [0.25, 0.3) is 11.1 Å². The van der Waals surface area contributed by atoms with E-state index in [2.05, 4.69) is 4.98 Å². The Morgan fingerprint density at radius 1 is 1.19 bits per heavy atom. The van der Waals surface area contributed by atoms with Crippen LogP contribution in [0.5, 0.6) is 0 Å². The van der Waals surface area contributed by atoms with Gasteiger partial charge < -0.3 is 5.73 Å². The average molecular weight is 309 g/mol. The van der Waals surface area contributed by atoms with E-state index in [4.69, 9.17) is 17.3 Å². The number of halogens is 3. The van der Waals surface area contributed by atoms with Gasteiger partial charge in [0, 0.05) is 29.3 Å². The molecule has 0 amide bonds. The summed E-state index contributed by atoms with van der Waals surface area (Å²) in [6.07, 6.45) is 1.30. The smallest absolute Gasteiger partial charge is 0.263 e. The third-order valence-corrected chi connectivity index (χ3v) is 4.37. The second-order valence-electron chi connectivity index (χ2n) is 5.46. The van der Waals surface area contributed by atoms with Crippen LogP contribution in [0.2, 0.25) is 5.02 Å². The molecule has 1 aliphatic rings. The first-order valence-corrected chi connectivity index (χ1v) is 7.18. The first kappa shape index (κ1) is 14.4. The van der Waals surface area contributed by atoms with Crippen LogP contribution in [0.15, 0.2) is 36.5 Å². The van der Waals surface area contributed by atoms with Gasteiger partial charge >= 0.3 is 0 Å². The molecule has 21 heavy (non-hydrogen) atoms. The monoisotopic (exact) mass is 308 g/mol. The van der Waals surface area contributed by atoms with Crippen LogP contribution in [-0.4, -0.2) is 11.5 Å². The minimum absolute atomic E-state index is 0.00879. The molecule has 3 rings (SSSR count). The summed E-state index contributed by atoms with van der Waals surface area (Å²) in [6.45, 7) is 0.544. The number of nitrogens with two attached hydrogens (primary N) is 1. The van der Waals surface area contributed by atoms with Crippen LogP contribution < -0.4 is 5.73 Å². The van der Waals surface area contributed by atoms with Gasteiger partial charge in [-0.05, 0) is 24.5 Å². The van der Waals surface area contributed by atoms with Crippen molar-refractivity contribution in [1.82, 2.24) is 4.98 Å². The molecule has 0 unspecified atom stereocenters. The van der Waals surface area contributed by atoms with E-state index in [1.807, 2.05) is 6.07 Å². The van der Waals surface area contributed by atoms with E-state index in [9.17, 15) is 8.78 Å². The van der Waals surface area contributed by atoms with Crippen molar-refractivity contribution in [3.8, 4) is 11.1 Å². The number of alkyl halides is 2. The molecule has 2 N–H and O–H groups in total. The summed E-state index contributed by atoms with van der Waals surface area (Å²) in [5, 5.41) is 0.591. The summed E-state index contributed by atoms with van der Waals surface area (Å²) in [5.74, 6) is 0. The van der Waals surface area contributed by atoms with Gasteiger partial charge in [-0.1, -0.05) is 35.9 Å². The molecule has 0 bridgehead atoms. The molecule has 0 spiro atoms. The van der Waals surface area contributed by atoms with Crippen molar-refractivity contribution in [2.24, 2.45) is 5.73 Å². The molecule has 1 aromatic heterocycles. The lowest BCUT2D eigenvalue weighted by atomic mass is 9.99. The van der Waals surface area contributed by atoms with Crippen LogP contribution in [-0.2, 0) is 5.41 Å². The molecule has 2 aromatic rings. The minimum Gasteiger partial charge on any atom is -0.330 e. The van der Waals surface area contributed by atoms with Crippen molar-refractivity contribution < 1.29 is 8.78 Å². The molecule has 5 heteroatoms. The molecule has 1 saturated carbocycles. The highest BCUT2D eigenvalue weighted by Crippen LogP contribution is 2.48. The predicted molar refractivity (Wildman–Crippen MR) is 79.6 cm³/mol. The van der Waals surface area contributed by atoms with Gasteiger partial charge in [-0.25, -0.2) is 8.78 Å². The normalized spacial score (nSPS) is 16.2. The van der Waals surface area contributed by atoms with E-state index in [1.165, 1.54) is 12.1 Å². The summed E-state index contributed by atoms with van der Waals surface area (Å²) in [5.41, 5.74) is 8.22. The summed E-state index contributed by atoms with van der Waals surface area (Å²) in [7, 11) is 0. The lowest BCUT2D eigenvalue weighted by Gasteiger charge is -2.14. The Balaban J connectivity index is 1.91. The molecular formula is C16H15ClF2N2. The van der Waals surface area contributed by atoms with Gasteiger partial charge in [0.15, 0.2) is 0 Å². The highest BCUT2D eigenvalue weighted by molar-refractivity contribution is 6.31. The van der Waals surface area contributed by atoms with E-state index in [0.717, 1.165) is 29.7 Å². The van der Waals surface area contributed by atoms with Crippen LogP contribution in [0, 0.1) is 0 Å². The minimum atomic E-state index is -2.46. The van der Waals surface area contributed by atoms with Gasteiger partial charge in [0.2, 0.25) is 0 Å². The fraction of sp³-hybridized carbons (Fsp3) is 0.312. The Labute approximate surface area is 127 Å². The van der Waals surface area contributed by atoms with Gasteiger partial charge in [-0.3, -0.25) is 4.98 Å². The third kappa shape index (κ3) is 2.65. The van der Waals surface area contributed by atoms with Gasteiger partial charge in [0.1, 0.15) is 0 Å². The zero-order valence-corrected chi connectivity index (χ0v) is 12.1. The fourth-order valence-electron chi connectivity index (χ4n) is 2.50. The van der Waals surface area contributed by atoms with Crippen molar-refractivity contribution in [2.75, 3.05) is 6.54 Å². The van der Waals surface area contributed by atoms with E-state index in [0.29, 0.717) is 11.6 Å². The number of nitrogens with zero attached hydrogens (tertiary/aromatic N) is 1. The summed E-state index contributed by atoms with van der Waals surface area (Å²) >= 11 is 6.33. The number of aromatic nitrogens is 1. The van der Waals surface area contributed by atoms with Crippen molar-refractivity contribution in [3.05, 3.63) is 52.8 Å².